The first-order valence-corrected chi connectivity index (χ1v) is 9.03. The highest BCUT2D eigenvalue weighted by Crippen LogP contribution is 2.22. The molecule has 3 atom stereocenters. The lowest BCUT2D eigenvalue weighted by molar-refractivity contribution is -0.130. The molecule has 1 N–H and O–H groups in total. The van der Waals surface area contributed by atoms with Crippen LogP contribution in [0.4, 0.5) is 5.82 Å². The van der Waals surface area contributed by atoms with E-state index in [1.54, 1.807) is 19.9 Å². The number of hydrogen-bond donors (Lipinski definition) is 1. The summed E-state index contributed by atoms with van der Waals surface area (Å²) in [5.41, 5.74) is 0. The first-order valence-electron chi connectivity index (χ1n) is 7.98. The lowest BCUT2D eigenvalue weighted by Gasteiger charge is -2.35. The third-order valence-electron chi connectivity index (χ3n) is 3.93. The van der Waals surface area contributed by atoms with Crippen LogP contribution in [0, 0.1) is 18.8 Å². The van der Waals surface area contributed by atoms with E-state index >= 15 is 0 Å². The maximum Gasteiger partial charge on any atom is 0.238 e. The number of rotatable bonds is 5. The van der Waals surface area contributed by atoms with Crippen molar-refractivity contribution in [2.75, 3.05) is 24.2 Å². The molecule has 0 bridgehead atoms. The highest BCUT2D eigenvalue weighted by atomic mass is 32.2. The Morgan fingerprint density at radius 2 is 2.09 bits per heavy atom. The van der Waals surface area contributed by atoms with Gasteiger partial charge in [-0.3, -0.25) is 9.59 Å². The van der Waals surface area contributed by atoms with Crippen molar-refractivity contribution in [2.24, 2.45) is 11.8 Å². The summed E-state index contributed by atoms with van der Waals surface area (Å²) in [7, 11) is 0. The van der Waals surface area contributed by atoms with Crippen molar-refractivity contribution >= 4 is 29.4 Å². The molecule has 0 aromatic carbocycles. The highest BCUT2D eigenvalue weighted by molar-refractivity contribution is 8.01. The Balaban J connectivity index is 1.77. The van der Waals surface area contributed by atoms with Crippen LogP contribution in [0.25, 0.3) is 0 Å². The summed E-state index contributed by atoms with van der Waals surface area (Å²) in [5, 5.41) is 6.10. The second kappa shape index (κ2) is 7.86. The molecule has 2 heterocycles. The van der Waals surface area contributed by atoms with Crippen molar-refractivity contribution < 1.29 is 14.1 Å². The number of likely N-dealkylation sites (tertiary alicyclic amines) is 1. The van der Waals surface area contributed by atoms with Crippen molar-refractivity contribution in [3.05, 3.63) is 11.8 Å². The largest absolute Gasteiger partial charge is 0.360 e. The average molecular weight is 339 g/mol. The Morgan fingerprint density at radius 3 is 2.65 bits per heavy atom. The van der Waals surface area contributed by atoms with Gasteiger partial charge in [0.05, 0.1) is 11.0 Å². The summed E-state index contributed by atoms with van der Waals surface area (Å²) in [5.74, 6) is 2.41. The molecule has 1 saturated heterocycles. The summed E-state index contributed by atoms with van der Waals surface area (Å²) >= 11 is 1.35. The number of amides is 2. The average Bonchev–Trinajstić information content (AvgIpc) is 2.88. The van der Waals surface area contributed by atoms with Crippen molar-refractivity contribution in [2.45, 2.75) is 39.4 Å². The Hall–Kier alpha value is -1.50. The SMILES string of the molecule is Cc1cc(NC(=O)[C@H](C)SCC(=O)N2C[C@H](C)C[C@@H](C)C2)no1. The van der Waals surface area contributed by atoms with E-state index in [9.17, 15) is 9.59 Å². The zero-order valence-corrected chi connectivity index (χ0v) is 15.0. The third kappa shape index (κ3) is 5.27. The molecule has 6 nitrogen and oxygen atoms in total. The molecule has 7 heteroatoms. The number of carbonyl (C=O) groups excluding carboxylic acids is 2. The summed E-state index contributed by atoms with van der Waals surface area (Å²) in [6, 6.07) is 1.66. The zero-order chi connectivity index (χ0) is 17.0. The highest BCUT2D eigenvalue weighted by Gasteiger charge is 2.26. The van der Waals surface area contributed by atoms with E-state index in [0.29, 0.717) is 29.2 Å². The number of aromatic nitrogens is 1. The number of nitrogens with one attached hydrogen (secondary N) is 1. The van der Waals surface area contributed by atoms with Gasteiger partial charge in [0.15, 0.2) is 5.82 Å². The standard InChI is InChI=1S/C16H25N3O3S/c1-10-5-11(2)8-19(7-10)15(20)9-23-13(4)16(21)17-14-6-12(3)22-18-14/h6,10-11,13H,5,7-9H2,1-4H3,(H,17,18,21)/t10-,11-,13+/m1/s1. The minimum atomic E-state index is -0.324. The van der Waals surface area contributed by atoms with Gasteiger partial charge in [0.1, 0.15) is 5.76 Å². The van der Waals surface area contributed by atoms with Crippen molar-refractivity contribution in [1.29, 1.82) is 0 Å². The van der Waals surface area contributed by atoms with Crippen LogP contribution >= 0.6 is 11.8 Å². The van der Waals surface area contributed by atoms with Crippen LogP contribution in [0.5, 0.6) is 0 Å². The Bertz CT molecular complexity index is 551. The van der Waals surface area contributed by atoms with E-state index in [0.717, 1.165) is 13.1 Å². The molecule has 1 fully saturated rings. The minimum absolute atomic E-state index is 0.116. The number of thioether (sulfide) groups is 1. The van der Waals surface area contributed by atoms with Crippen LogP contribution in [0.2, 0.25) is 0 Å². The number of piperidine rings is 1. The second-order valence-electron chi connectivity index (χ2n) is 6.51. The maximum atomic E-state index is 12.3. The van der Waals surface area contributed by atoms with Gasteiger partial charge >= 0.3 is 0 Å². The van der Waals surface area contributed by atoms with Gasteiger partial charge in [-0.1, -0.05) is 19.0 Å². The maximum absolute atomic E-state index is 12.3. The van der Waals surface area contributed by atoms with Crippen LogP contribution in [0.15, 0.2) is 10.6 Å². The first kappa shape index (κ1) is 17.8. The molecule has 2 amide bonds. The molecule has 0 saturated carbocycles. The molecule has 128 valence electrons. The van der Waals surface area contributed by atoms with Gasteiger partial charge < -0.3 is 14.7 Å². The fourth-order valence-electron chi connectivity index (χ4n) is 2.88. The normalized spacial score (nSPS) is 22.7. The molecule has 0 spiro atoms. The summed E-state index contributed by atoms with van der Waals surface area (Å²) in [6.45, 7) is 9.56. The third-order valence-corrected chi connectivity index (χ3v) is 5.05. The number of aryl methyl sites for hydroxylation is 1. The van der Waals surface area contributed by atoms with Gasteiger partial charge in [-0.2, -0.15) is 0 Å². The summed E-state index contributed by atoms with van der Waals surface area (Å²) in [4.78, 5) is 26.3. The molecule has 1 aliphatic heterocycles. The first-order chi connectivity index (χ1) is 10.8. The Morgan fingerprint density at radius 1 is 1.43 bits per heavy atom. The van der Waals surface area contributed by atoms with E-state index < -0.39 is 0 Å². The van der Waals surface area contributed by atoms with Crippen molar-refractivity contribution in [3.63, 3.8) is 0 Å². The molecule has 1 aliphatic rings. The predicted octanol–water partition coefficient (Wildman–Crippen LogP) is 2.55. The number of nitrogens with zero attached hydrogens (tertiary/aromatic N) is 2. The molecule has 0 radical (unpaired) electrons. The molecule has 2 rings (SSSR count). The molecular weight excluding hydrogens is 314 g/mol. The molecule has 23 heavy (non-hydrogen) atoms. The smallest absolute Gasteiger partial charge is 0.238 e. The van der Waals surface area contributed by atoms with Gasteiger partial charge in [-0.25, -0.2) is 0 Å². The van der Waals surface area contributed by atoms with E-state index in [-0.39, 0.29) is 17.1 Å². The van der Waals surface area contributed by atoms with E-state index in [1.165, 1.54) is 18.2 Å². The zero-order valence-electron chi connectivity index (χ0n) is 14.2. The minimum Gasteiger partial charge on any atom is -0.360 e. The van der Waals surface area contributed by atoms with Crippen LogP contribution in [-0.4, -0.2) is 46.0 Å². The van der Waals surface area contributed by atoms with Crippen molar-refractivity contribution in [3.8, 4) is 0 Å². The lowest BCUT2D eigenvalue weighted by Crippen LogP contribution is -2.43. The van der Waals surface area contributed by atoms with Gasteiger partial charge in [0.25, 0.3) is 0 Å². The van der Waals surface area contributed by atoms with E-state index in [1.807, 2.05) is 4.90 Å². The molecular formula is C16H25N3O3S. The van der Waals surface area contributed by atoms with Gasteiger partial charge in [-0.05, 0) is 32.1 Å². The predicted molar refractivity (Wildman–Crippen MR) is 91.3 cm³/mol. The molecule has 0 unspecified atom stereocenters. The van der Waals surface area contributed by atoms with Crippen LogP contribution in [-0.2, 0) is 9.59 Å². The molecule has 1 aromatic rings. The van der Waals surface area contributed by atoms with Crippen molar-refractivity contribution in [1.82, 2.24) is 10.1 Å². The summed E-state index contributed by atoms with van der Waals surface area (Å²) < 4.78 is 4.91. The van der Waals surface area contributed by atoms with Crippen LogP contribution in [0.1, 0.15) is 33.0 Å². The van der Waals surface area contributed by atoms with Gasteiger partial charge in [0.2, 0.25) is 11.8 Å². The van der Waals surface area contributed by atoms with E-state index in [4.69, 9.17) is 4.52 Å². The number of hydrogen-bond acceptors (Lipinski definition) is 5. The molecule has 1 aromatic heterocycles. The quantitative estimate of drug-likeness (QED) is 0.892. The monoisotopic (exact) mass is 339 g/mol. The fraction of sp³-hybridized carbons (Fsp3) is 0.688. The number of anilines is 1. The Labute approximate surface area is 141 Å². The summed E-state index contributed by atoms with van der Waals surface area (Å²) in [6.07, 6.45) is 1.17. The fourth-order valence-corrected chi connectivity index (χ4v) is 3.67. The second-order valence-corrected chi connectivity index (χ2v) is 7.84. The van der Waals surface area contributed by atoms with Gasteiger partial charge in [-0.15, -0.1) is 11.8 Å². The van der Waals surface area contributed by atoms with Crippen LogP contribution < -0.4 is 5.32 Å². The molecule has 0 aliphatic carbocycles. The van der Waals surface area contributed by atoms with Crippen LogP contribution in [0.3, 0.4) is 0 Å². The van der Waals surface area contributed by atoms with Gasteiger partial charge in [0, 0.05) is 19.2 Å². The topological polar surface area (TPSA) is 75.4 Å². The van der Waals surface area contributed by atoms with E-state index in [2.05, 4.69) is 24.3 Å². The number of carbonyl (C=O) groups is 2. The Kier molecular flexibility index (Phi) is 6.10. The lowest BCUT2D eigenvalue weighted by atomic mass is 9.92.